The van der Waals surface area contributed by atoms with Gasteiger partial charge >= 0.3 is 0 Å². The molecule has 0 radical (unpaired) electrons. The van der Waals surface area contributed by atoms with Crippen LogP contribution in [0.5, 0.6) is 0 Å². The molecule has 0 aliphatic carbocycles. The molecule has 0 atom stereocenters. The lowest BCUT2D eigenvalue weighted by Crippen LogP contribution is -2.07. The standard InChI is InChI=1S/C23H20F4N2OS/c1-3-31-29-19-6-4-5-14(20(19)25)10-15-11-16(12-30)23(22(27)21(15)26)28-18-8-7-13(2)9-17(18)24/h4-9,11-12,28-29H,3,10H2,1-2H3. The Bertz CT molecular complexity index is 1120. The summed E-state index contributed by atoms with van der Waals surface area (Å²) in [4.78, 5) is 11.6. The normalized spacial score (nSPS) is 10.8. The molecule has 0 fully saturated rings. The summed E-state index contributed by atoms with van der Waals surface area (Å²) in [5, 5.41) is 2.45. The maximum absolute atomic E-state index is 14.8. The van der Waals surface area contributed by atoms with Crippen molar-refractivity contribution in [3.05, 3.63) is 88.0 Å². The van der Waals surface area contributed by atoms with Crippen LogP contribution in [0.4, 0.5) is 34.6 Å². The first kappa shape index (κ1) is 22.7. The number of aldehydes is 1. The first-order valence-electron chi connectivity index (χ1n) is 9.50. The fraction of sp³-hybridized carbons (Fsp3) is 0.174. The minimum atomic E-state index is -1.34. The van der Waals surface area contributed by atoms with E-state index in [1.165, 1.54) is 30.1 Å². The third-order valence-corrected chi connectivity index (χ3v) is 5.26. The zero-order valence-corrected chi connectivity index (χ0v) is 17.7. The molecule has 0 unspecified atom stereocenters. The topological polar surface area (TPSA) is 41.1 Å². The maximum atomic E-state index is 14.8. The SMILES string of the molecule is CCSNc1cccc(Cc2cc(C=O)c(Nc3ccc(C)cc3F)c(F)c2F)c1F. The minimum Gasteiger partial charge on any atom is -0.350 e. The van der Waals surface area contributed by atoms with Gasteiger partial charge in [0.25, 0.3) is 0 Å². The van der Waals surface area contributed by atoms with Gasteiger partial charge in [-0.2, -0.15) is 0 Å². The van der Waals surface area contributed by atoms with E-state index in [0.29, 0.717) is 17.6 Å². The number of carbonyl (C=O) groups is 1. The largest absolute Gasteiger partial charge is 0.350 e. The van der Waals surface area contributed by atoms with E-state index in [9.17, 15) is 22.4 Å². The monoisotopic (exact) mass is 448 g/mol. The molecule has 3 aromatic rings. The number of halogens is 4. The van der Waals surface area contributed by atoms with Crippen LogP contribution in [0, 0.1) is 30.2 Å². The van der Waals surface area contributed by atoms with E-state index >= 15 is 0 Å². The van der Waals surface area contributed by atoms with Crippen LogP contribution in [-0.2, 0) is 6.42 Å². The summed E-state index contributed by atoms with van der Waals surface area (Å²) in [6.07, 6.45) is 0.0770. The number of benzene rings is 3. The van der Waals surface area contributed by atoms with Gasteiger partial charge in [0.1, 0.15) is 5.82 Å². The summed E-state index contributed by atoms with van der Waals surface area (Å²) in [5.41, 5.74) is 0.0546. The van der Waals surface area contributed by atoms with Crippen molar-refractivity contribution < 1.29 is 22.4 Å². The first-order valence-corrected chi connectivity index (χ1v) is 10.5. The van der Waals surface area contributed by atoms with Crippen molar-refractivity contribution in [2.45, 2.75) is 20.3 Å². The van der Waals surface area contributed by atoms with Crippen LogP contribution in [0.15, 0.2) is 42.5 Å². The third-order valence-electron chi connectivity index (χ3n) is 4.61. The molecule has 2 N–H and O–H groups in total. The van der Waals surface area contributed by atoms with Crippen LogP contribution in [0.25, 0.3) is 0 Å². The van der Waals surface area contributed by atoms with Gasteiger partial charge in [-0.3, -0.25) is 4.79 Å². The van der Waals surface area contributed by atoms with Crippen molar-refractivity contribution in [3.63, 3.8) is 0 Å². The van der Waals surface area contributed by atoms with Crippen molar-refractivity contribution >= 4 is 35.3 Å². The molecular formula is C23H20F4N2OS. The molecule has 0 aromatic heterocycles. The molecule has 8 heteroatoms. The van der Waals surface area contributed by atoms with Crippen LogP contribution < -0.4 is 10.0 Å². The summed E-state index contributed by atoms with van der Waals surface area (Å²) in [5.74, 6) is -3.11. The van der Waals surface area contributed by atoms with Crippen molar-refractivity contribution in [3.8, 4) is 0 Å². The molecule has 31 heavy (non-hydrogen) atoms. The Balaban J connectivity index is 1.97. The fourth-order valence-corrected chi connectivity index (χ4v) is 3.51. The molecule has 0 saturated heterocycles. The molecule has 3 nitrogen and oxygen atoms in total. The summed E-state index contributed by atoms with van der Waals surface area (Å²) >= 11 is 1.30. The van der Waals surface area contributed by atoms with Crippen molar-refractivity contribution in [1.82, 2.24) is 0 Å². The highest BCUT2D eigenvalue weighted by Gasteiger charge is 2.21. The summed E-state index contributed by atoms with van der Waals surface area (Å²) < 4.78 is 61.3. The van der Waals surface area contributed by atoms with Crippen molar-refractivity contribution in [1.29, 1.82) is 0 Å². The van der Waals surface area contributed by atoms with E-state index in [-0.39, 0.29) is 34.5 Å². The number of nitrogens with one attached hydrogen (secondary N) is 2. The second-order valence-electron chi connectivity index (χ2n) is 6.84. The van der Waals surface area contributed by atoms with Gasteiger partial charge in [0.2, 0.25) is 0 Å². The third kappa shape index (κ3) is 5.02. The van der Waals surface area contributed by atoms with E-state index in [0.717, 1.165) is 6.07 Å². The zero-order chi connectivity index (χ0) is 22.5. The van der Waals surface area contributed by atoms with Crippen molar-refractivity contribution in [2.75, 3.05) is 15.8 Å². The molecule has 0 heterocycles. The highest BCUT2D eigenvalue weighted by atomic mass is 32.2. The molecule has 162 valence electrons. The average molecular weight is 448 g/mol. The first-order chi connectivity index (χ1) is 14.8. The Kier molecular flexibility index (Phi) is 7.22. The van der Waals surface area contributed by atoms with E-state index < -0.39 is 29.0 Å². The van der Waals surface area contributed by atoms with Gasteiger partial charge in [-0.15, -0.1) is 0 Å². The Morgan fingerprint density at radius 1 is 0.935 bits per heavy atom. The highest BCUT2D eigenvalue weighted by Crippen LogP contribution is 2.31. The van der Waals surface area contributed by atoms with Crippen LogP contribution in [0.2, 0.25) is 0 Å². The van der Waals surface area contributed by atoms with Crippen LogP contribution in [0.1, 0.15) is 34.0 Å². The lowest BCUT2D eigenvalue weighted by Gasteiger charge is -2.15. The van der Waals surface area contributed by atoms with Crippen LogP contribution in [0.3, 0.4) is 0 Å². The predicted octanol–water partition coefficient (Wildman–Crippen LogP) is 6.78. The Hall–Kier alpha value is -3.00. The molecule has 0 spiro atoms. The smallest absolute Gasteiger partial charge is 0.183 e. The molecule has 3 aromatic carbocycles. The predicted molar refractivity (Wildman–Crippen MR) is 117 cm³/mol. The van der Waals surface area contributed by atoms with Gasteiger partial charge in [-0.25, -0.2) is 17.6 Å². The molecular weight excluding hydrogens is 428 g/mol. The van der Waals surface area contributed by atoms with Gasteiger partial charge in [-0.05, 0) is 47.9 Å². The van der Waals surface area contributed by atoms with E-state index in [4.69, 9.17) is 0 Å². The summed E-state index contributed by atoms with van der Waals surface area (Å²) in [6.45, 7) is 3.58. The fourth-order valence-electron chi connectivity index (χ4n) is 3.06. The molecule has 0 aliphatic heterocycles. The Labute approximate surface area is 182 Å². The van der Waals surface area contributed by atoms with Gasteiger partial charge in [-0.1, -0.05) is 37.1 Å². The molecule has 0 bridgehead atoms. The van der Waals surface area contributed by atoms with Gasteiger partial charge in [0, 0.05) is 17.7 Å². The van der Waals surface area contributed by atoms with Crippen molar-refractivity contribution in [2.24, 2.45) is 0 Å². The number of rotatable bonds is 8. The summed E-state index contributed by atoms with van der Waals surface area (Å²) in [7, 11) is 0. The highest BCUT2D eigenvalue weighted by molar-refractivity contribution is 8.00. The Morgan fingerprint density at radius 2 is 1.71 bits per heavy atom. The van der Waals surface area contributed by atoms with Crippen LogP contribution >= 0.6 is 11.9 Å². The van der Waals surface area contributed by atoms with E-state index in [1.54, 1.807) is 25.1 Å². The number of hydrogen-bond acceptors (Lipinski definition) is 4. The quantitative estimate of drug-likeness (QED) is 0.226. The second kappa shape index (κ2) is 9.87. The lowest BCUT2D eigenvalue weighted by molar-refractivity contribution is 0.112. The number of hydrogen-bond donors (Lipinski definition) is 2. The molecule has 3 rings (SSSR count). The second-order valence-corrected chi connectivity index (χ2v) is 7.91. The maximum Gasteiger partial charge on any atom is 0.183 e. The number of anilines is 3. The molecule has 0 amide bonds. The van der Waals surface area contributed by atoms with Gasteiger partial charge in [0.15, 0.2) is 23.7 Å². The Morgan fingerprint density at radius 3 is 2.39 bits per heavy atom. The van der Waals surface area contributed by atoms with Gasteiger partial charge < -0.3 is 10.0 Å². The lowest BCUT2D eigenvalue weighted by atomic mass is 9.99. The average Bonchev–Trinajstić information content (AvgIpc) is 2.75. The van der Waals surface area contributed by atoms with E-state index in [1.807, 2.05) is 6.92 Å². The van der Waals surface area contributed by atoms with Gasteiger partial charge in [0.05, 0.1) is 17.1 Å². The summed E-state index contributed by atoms with van der Waals surface area (Å²) in [6, 6.07) is 9.93. The zero-order valence-electron chi connectivity index (χ0n) is 16.9. The number of carbonyl (C=O) groups excluding carboxylic acids is 1. The molecule has 0 aliphatic rings. The number of aryl methyl sites for hydroxylation is 1. The minimum absolute atomic E-state index is 0.0991. The molecule has 0 saturated carbocycles. The van der Waals surface area contributed by atoms with Crippen LogP contribution in [-0.4, -0.2) is 12.0 Å². The van der Waals surface area contributed by atoms with E-state index in [2.05, 4.69) is 10.0 Å².